The number of hydrogen-bond acceptors (Lipinski definition) is 4. The van der Waals surface area contributed by atoms with E-state index in [-0.39, 0.29) is 5.75 Å². The van der Waals surface area contributed by atoms with Crippen molar-refractivity contribution < 1.29 is 9.84 Å². The lowest BCUT2D eigenvalue weighted by Crippen LogP contribution is -2.25. The predicted molar refractivity (Wildman–Crippen MR) is 102 cm³/mol. The van der Waals surface area contributed by atoms with Gasteiger partial charge < -0.3 is 9.84 Å². The Labute approximate surface area is 157 Å². The van der Waals surface area contributed by atoms with Gasteiger partial charge in [-0.3, -0.25) is 9.88 Å². The van der Waals surface area contributed by atoms with Gasteiger partial charge in [0.2, 0.25) is 0 Å². The van der Waals surface area contributed by atoms with E-state index in [1.54, 1.807) is 12.3 Å². The lowest BCUT2D eigenvalue weighted by Gasteiger charge is -2.19. The largest absolute Gasteiger partial charge is 0.504 e. The normalized spacial score (nSPS) is 14.3. The molecule has 1 aliphatic heterocycles. The van der Waals surface area contributed by atoms with Gasteiger partial charge in [-0.2, -0.15) is 0 Å². The summed E-state index contributed by atoms with van der Waals surface area (Å²) in [5.41, 5.74) is 3.88. The average Bonchev–Trinajstić information content (AvgIpc) is 2.85. The number of phenolic OH excluding ortho intramolecular Hbond substituents is 1. The van der Waals surface area contributed by atoms with E-state index in [2.05, 4.69) is 16.0 Å². The first-order valence-electron chi connectivity index (χ1n) is 8.56. The number of hydrogen-bond donors (Lipinski definition) is 1. The summed E-state index contributed by atoms with van der Waals surface area (Å²) in [6.07, 6.45) is 1.81. The number of fused-ring (bicyclic) bond motifs is 1. The Balaban J connectivity index is 1.65. The van der Waals surface area contributed by atoms with Crippen LogP contribution in [0.4, 0.5) is 0 Å². The maximum atomic E-state index is 10.5. The zero-order chi connectivity index (χ0) is 17.9. The van der Waals surface area contributed by atoms with Crippen LogP contribution in [0.2, 0.25) is 5.02 Å². The zero-order valence-corrected chi connectivity index (χ0v) is 15.0. The summed E-state index contributed by atoms with van der Waals surface area (Å²) in [6, 6.07) is 17.4. The summed E-state index contributed by atoms with van der Waals surface area (Å²) >= 11 is 6.12. The molecule has 0 atom stereocenters. The van der Waals surface area contributed by atoms with Crippen molar-refractivity contribution >= 4 is 11.6 Å². The molecule has 5 heteroatoms. The summed E-state index contributed by atoms with van der Waals surface area (Å²) in [6.45, 7) is 2.74. The van der Waals surface area contributed by atoms with Crippen molar-refractivity contribution in [1.82, 2.24) is 9.88 Å². The number of aromatic hydroxyl groups is 1. The molecular weight excluding hydrogens is 348 g/mol. The van der Waals surface area contributed by atoms with Crippen molar-refractivity contribution in [2.75, 3.05) is 13.2 Å². The van der Waals surface area contributed by atoms with Crippen LogP contribution in [0, 0.1) is 0 Å². The first-order valence-corrected chi connectivity index (χ1v) is 8.94. The third kappa shape index (κ3) is 3.66. The molecule has 0 saturated heterocycles. The fourth-order valence-electron chi connectivity index (χ4n) is 3.24. The summed E-state index contributed by atoms with van der Waals surface area (Å²) < 4.78 is 5.82. The SMILES string of the molecule is Oc1cc(-c2cccc(Cl)c2)cc2c1OCCN(Cc1ccccn1)C2. The van der Waals surface area contributed by atoms with Crippen molar-refractivity contribution in [2.24, 2.45) is 0 Å². The van der Waals surface area contributed by atoms with Crippen LogP contribution in [-0.4, -0.2) is 28.1 Å². The molecule has 0 spiro atoms. The number of aromatic nitrogens is 1. The molecule has 0 fully saturated rings. The van der Waals surface area contributed by atoms with E-state index >= 15 is 0 Å². The maximum absolute atomic E-state index is 10.5. The van der Waals surface area contributed by atoms with Gasteiger partial charge in [-0.05, 0) is 47.5 Å². The summed E-state index contributed by atoms with van der Waals surface area (Å²) in [4.78, 5) is 6.68. The molecule has 0 saturated carbocycles. The zero-order valence-electron chi connectivity index (χ0n) is 14.2. The number of pyridine rings is 1. The molecular formula is C21H19ClN2O2. The first-order chi connectivity index (χ1) is 12.7. The summed E-state index contributed by atoms with van der Waals surface area (Å²) in [5.74, 6) is 0.733. The van der Waals surface area contributed by atoms with Crippen LogP contribution in [0.5, 0.6) is 11.5 Å². The van der Waals surface area contributed by atoms with Crippen LogP contribution in [0.3, 0.4) is 0 Å². The molecule has 0 aliphatic carbocycles. The van der Waals surface area contributed by atoms with E-state index in [1.165, 1.54) is 0 Å². The molecule has 4 nitrogen and oxygen atoms in total. The van der Waals surface area contributed by atoms with E-state index in [0.717, 1.165) is 35.5 Å². The van der Waals surface area contributed by atoms with Crippen molar-refractivity contribution in [2.45, 2.75) is 13.1 Å². The van der Waals surface area contributed by atoms with Gasteiger partial charge in [0.05, 0.1) is 5.69 Å². The second-order valence-corrected chi connectivity index (χ2v) is 6.81. The molecule has 0 unspecified atom stereocenters. The van der Waals surface area contributed by atoms with Gasteiger partial charge in [-0.25, -0.2) is 0 Å². The number of benzene rings is 2. The molecule has 0 radical (unpaired) electrons. The lowest BCUT2D eigenvalue weighted by molar-refractivity contribution is 0.215. The Morgan fingerprint density at radius 2 is 2.00 bits per heavy atom. The summed E-state index contributed by atoms with van der Waals surface area (Å²) in [7, 11) is 0. The Bertz CT molecular complexity index is 915. The molecule has 0 amide bonds. The topological polar surface area (TPSA) is 45.6 Å². The van der Waals surface area contributed by atoms with Crippen molar-refractivity contribution in [3.63, 3.8) is 0 Å². The van der Waals surface area contributed by atoms with Gasteiger partial charge in [0, 0.05) is 36.4 Å². The van der Waals surface area contributed by atoms with Gasteiger partial charge in [-0.15, -0.1) is 0 Å². The van der Waals surface area contributed by atoms with Crippen molar-refractivity contribution in [1.29, 1.82) is 0 Å². The molecule has 1 N–H and O–H groups in total. The average molecular weight is 367 g/mol. The maximum Gasteiger partial charge on any atom is 0.165 e. The Hall–Kier alpha value is -2.56. The second kappa shape index (κ2) is 7.36. The molecule has 0 bridgehead atoms. The monoisotopic (exact) mass is 366 g/mol. The Morgan fingerprint density at radius 3 is 2.81 bits per heavy atom. The highest BCUT2D eigenvalue weighted by molar-refractivity contribution is 6.30. The first kappa shape index (κ1) is 16.9. The smallest absolute Gasteiger partial charge is 0.165 e. The Morgan fingerprint density at radius 1 is 1.08 bits per heavy atom. The van der Waals surface area contributed by atoms with Crippen molar-refractivity contribution in [3.05, 3.63) is 77.1 Å². The highest BCUT2D eigenvalue weighted by Gasteiger charge is 2.20. The number of nitrogens with zero attached hydrogens (tertiary/aromatic N) is 2. The number of ether oxygens (including phenoxy) is 1. The molecule has 2 heterocycles. The number of rotatable bonds is 3. The number of phenols is 1. The quantitative estimate of drug-likeness (QED) is 0.741. The standard InChI is InChI=1S/C21H19ClN2O2/c22-18-5-3-4-15(11-18)16-10-17-13-24(14-19-6-1-2-7-23-19)8-9-26-21(17)20(25)12-16/h1-7,10-12,25H,8-9,13-14H2. The van der Waals surface area contributed by atoms with E-state index in [4.69, 9.17) is 16.3 Å². The van der Waals surface area contributed by atoms with E-state index in [9.17, 15) is 5.11 Å². The van der Waals surface area contributed by atoms with Gasteiger partial charge >= 0.3 is 0 Å². The van der Waals surface area contributed by atoms with Crippen LogP contribution in [0.1, 0.15) is 11.3 Å². The van der Waals surface area contributed by atoms with Crippen LogP contribution in [0.15, 0.2) is 60.8 Å². The lowest BCUT2D eigenvalue weighted by atomic mass is 10.0. The van der Waals surface area contributed by atoms with E-state index in [1.807, 2.05) is 42.5 Å². The van der Waals surface area contributed by atoms with Crippen LogP contribution >= 0.6 is 11.6 Å². The third-order valence-corrected chi connectivity index (χ3v) is 4.70. The Kier molecular flexibility index (Phi) is 4.78. The van der Waals surface area contributed by atoms with E-state index in [0.29, 0.717) is 23.9 Å². The van der Waals surface area contributed by atoms with Crippen molar-refractivity contribution in [3.8, 4) is 22.6 Å². The van der Waals surface area contributed by atoms with Crippen LogP contribution in [-0.2, 0) is 13.1 Å². The van der Waals surface area contributed by atoms with E-state index < -0.39 is 0 Å². The molecule has 1 aliphatic rings. The predicted octanol–water partition coefficient (Wildman–Crippen LogP) is 4.50. The highest BCUT2D eigenvalue weighted by Crippen LogP contribution is 2.38. The molecule has 3 aromatic rings. The second-order valence-electron chi connectivity index (χ2n) is 6.37. The third-order valence-electron chi connectivity index (χ3n) is 4.46. The fourth-order valence-corrected chi connectivity index (χ4v) is 3.43. The van der Waals surface area contributed by atoms with Crippen LogP contribution < -0.4 is 4.74 Å². The number of halogens is 1. The molecule has 1 aromatic heterocycles. The van der Waals surface area contributed by atoms with Gasteiger partial charge in [0.15, 0.2) is 11.5 Å². The molecule has 2 aromatic carbocycles. The van der Waals surface area contributed by atoms with Gasteiger partial charge in [0.25, 0.3) is 0 Å². The minimum absolute atomic E-state index is 0.164. The molecule has 26 heavy (non-hydrogen) atoms. The fraction of sp³-hybridized carbons (Fsp3) is 0.190. The summed E-state index contributed by atoms with van der Waals surface area (Å²) in [5, 5.41) is 11.2. The van der Waals surface area contributed by atoms with Gasteiger partial charge in [-0.1, -0.05) is 29.8 Å². The van der Waals surface area contributed by atoms with Gasteiger partial charge in [0.1, 0.15) is 6.61 Å². The highest BCUT2D eigenvalue weighted by atomic mass is 35.5. The minimum atomic E-state index is 0.164. The minimum Gasteiger partial charge on any atom is -0.504 e. The molecule has 4 rings (SSSR count). The molecule has 132 valence electrons. The van der Waals surface area contributed by atoms with Crippen LogP contribution in [0.25, 0.3) is 11.1 Å².